The predicted molar refractivity (Wildman–Crippen MR) is 324 cm³/mol. The third kappa shape index (κ3) is 7.71. The number of benzene rings is 12. The van der Waals surface area contributed by atoms with Crippen LogP contribution in [0, 0.1) is 13.8 Å². The van der Waals surface area contributed by atoms with Crippen molar-refractivity contribution in [1.82, 2.24) is 4.57 Å². The number of aromatic nitrogens is 1. The van der Waals surface area contributed by atoms with Gasteiger partial charge in [0, 0.05) is 39.0 Å². The summed E-state index contributed by atoms with van der Waals surface area (Å²) in [5.74, 6) is 0. The summed E-state index contributed by atoms with van der Waals surface area (Å²) in [6.45, 7) is 4.35. The Morgan fingerprint density at radius 3 is 1.23 bits per heavy atom. The lowest BCUT2D eigenvalue weighted by Crippen LogP contribution is -2.28. The quantitative estimate of drug-likeness (QED) is 0.133. The van der Waals surface area contributed by atoms with Crippen LogP contribution in [0.1, 0.15) is 33.4 Å². The predicted octanol–water partition coefficient (Wildman–Crippen LogP) is 19.9. The van der Waals surface area contributed by atoms with Crippen molar-refractivity contribution in [3.8, 4) is 61.3 Å². The van der Waals surface area contributed by atoms with Crippen molar-refractivity contribution >= 4 is 38.9 Å². The summed E-state index contributed by atoms with van der Waals surface area (Å²) in [5, 5.41) is 2.59. The molecular formula is C75H54N2. The lowest BCUT2D eigenvalue weighted by molar-refractivity contribution is 0.768. The molecule has 0 atom stereocenters. The molecule has 12 aromatic carbocycles. The number of hydrogen-bond donors (Lipinski definition) is 0. The molecule has 77 heavy (non-hydrogen) atoms. The van der Waals surface area contributed by atoms with Crippen molar-refractivity contribution in [3.63, 3.8) is 0 Å². The molecule has 0 radical (unpaired) electrons. The third-order valence-corrected chi connectivity index (χ3v) is 16.0. The Labute approximate surface area is 451 Å². The third-order valence-electron chi connectivity index (χ3n) is 16.0. The highest BCUT2D eigenvalue weighted by atomic mass is 15.1. The fraction of sp³-hybridized carbons (Fsp3) is 0.0400. The van der Waals surface area contributed by atoms with Gasteiger partial charge < -0.3 is 9.47 Å². The van der Waals surface area contributed by atoms with Crippen LogP contribution in [-0.2, 0) is 5.41 Å². The minimum atomic E-state index is -0.555. The van der Waals surface area contributed by atoms with Gasteiger partial charge in [0.05, 0.1) is 22.1 Å². The van der Waals surface area contributed by atoms with Crippen molar-refractivity contribution in [2.75, 3.05) is 4.90 Å². The van der Waals surface area contributed by atoms with Gasteiger partial charge in [-0.1, -0.05) is 242 Å². The monoisotopic (exact) mass is 982 g/mol. The number of anilines is 3. The molecule has 0 unspecified atom stereocenters. The van der Waals surface area contributed by atoms with E-state index in [9.17, 15) is 0 Å². The molecule has 2 heteroatoms. The number of hydrogen-bond acceptors (Lipinski definition) is 1. The number of aryl methyl sites for hydroxylation is 2. The summed E-state index contributed by atoms with van der Waals surface area (Å²) in [5.41, 5.74) is 25.7. The molecule has 1 heterocycles. The van der Waals surface area contributed by atoms with Crippen LogP contribution in [0.2, 0.25) is 0 Å². The summed E-state index contributed by atoms with van der Waals surface area (Å²) in [6, 6.07) is 108. The number of fused-ring (bicyclic) bond motifs is 6. The van der Waals surface area contributed by atoms with Crippen molar-refractivity contribution in [3.05, 3.63) is 325 Å². The summed E-state index contributed by atoms with van der Waals surface area (Å²) >= 11 is 0. The van der Waals surface area contributed by atoms with E-state index in [0.29, 0.717) is 0 Å². The highest BCUT2D eigenvalue weighted by Crippen LogP contribution is 2.58. The number of para-hydroxylation sites is 1. The Hall–Kier alpha value is -9.76. The van der Waals surface area contributed by atoms with Crippen LogP contribution in [0.15, 0.2) is 291 Å². The molecule has 0 aliphatic heterocycles. The molecule has 0 saturated heterocycles. The van der Waals surface area contributed by atoms with E-state index in [0.717, 1.165) is 50.6 Å². The van der Waals surface area contributed by atoms with Crippen molar-refractivity contribution in [2.45, 2.75) is 19.3 Å². The Bertz CT molecular complexity index is 4130. The summed E-state index contributed by atoms with van der Waals surface area (Å²) in [4.78, 5) is 2.51. The SMILES string of the molecule is Cc1ccc2c(c1)c1cc(C)ccc1n2-c1ccc(-c2ccc(-c3ccc(N(c4ccc5c(c4)C(c4ccccc4)(c4ccccc4)c4ccccc4-5)c4c(-c5ccccc5)cccc4-c4ccccc4)cc3)cc2)cc1. The molecular weight excluding hydrogens is 929 g/mol. The Balaban J connectivity index is 0.888. The standard InChI is InChI=1S/C75H54N2/c1-51-30-46-72-68(48-51)69-49-52(2)31-47-73(69)77(72)62-42-38-56(39-43-62)54-34-32-53(33-35-54)55-36-40-61(41-37-55)76(74-64(57-18-7-3-8-19-57)27-17-28-65(74)58-20-9-4-10-21-58)63-44-45-67-66-26-15-16-29-70(66)75(71(67)50-63,59-22-11-5-12-23-59)60-24-13-6-14-25-60/h3-50H,1-2H3. The minimum absolute atomic E-state index is 0.555. The van der Waals surface area contributed by atoms with Crippen molar-refractivity contribution < 1.29 is 0 Å². The number of nitrogens with zero attached hydrogens (tertiary/aromatic N) is 2. The molecule has 0 amide bonds. The zero-order valence-electron chi connectivity index (χ0n) is 43.1. The molecule has 1 aromatic heterocycles. The maximum atomic E-state index is 2.51. The first-order valence-corrected chi connectivity index (χ1v) is 26.7. The second-order valence-corrected chi connectivity index (χ2v) is 20.6. The van der Waals surface area contributed by atoms with Gasteiger partial charge in [-0.2, -0.15) is 0 Å². The molecule has 2 nitrogen and oxygen atoms in total. The van der Waals surface area contributed by atoms with Crippen LogP contribution in [0.4, 0.5) is 17.1 Å². The second kappa shape index (κ2) is 18.9. The first-order valence-electron chi connectivity index (χ1n) is 26.7. The molecule has 14 rings (SSSR count). The normalized spacial score (nSPS) is 12.4. The average Bonchev–Trinajstić information content (AvgIpc) is 4.00. The smallest absolute Gasteiger partial charge is 0.0714 e. The summed E-state index contributed by atoms with van der Waals surface area (Å²) in [6.07, 6.45) is 0. The van der Waals surface area contributed by atoms with E-state index in [1.54, 1.807) is 0 Å². The molecule has 1 aliphatic carbocycles. The fourth-order valence-corrected chi connectivity index (χ4v) is 12.5. The molecule has 1 aliphatic rings. The van der Waals surface area contributed by atoms with E-state index < -0.39 is 5.41 Å². The Kier molecular flexibility index (Phi) is 11.2. The van der Waals surface area contributed by atoms with Gasteiger partial charge in [-0.3, -0.25) is 0 Å². The van der Waals surface area contributed by atoms with E-state index in [-0.39, 0.29) is 0 Å². The van der Waals surface area contributed by atoms with Gasteiger partial charge in [-0.15, -0.1) is 0 Å². The van der Waals surface area contributed by atoms with E-state index in [1.165, 1.54) is 83.0 Å². The van der Waals surface area contributed by atoms with E-state index >= 15 is 0 Å². The molecule has 0 spiro atoms. The van der Waals surface area contributed by atoms with Gasteiger partial charge in [0.2, 0.25) is 0 Å². The van der Waals surface area contributed by atoms with Crippen molar-refractivity contribution in [1.29, 1.82) is 0 Å². The van der Waals surface area contributed by atoms with Gasteiger partial charge in [0.15, 0.2) is 0 Å². The molecule has 13 aromatic rings. The second-order valence-electron chi connectivity index (χ2n) is 20.6. The van der Waals surface area contributed by atoms with Gasteiger partial charge in [-0.05, 0) is 141 Å². The Morgan fingerprint density at radius 2 is 0.714 bits per heavy atom. The van der Waals surface area contributed by atoms with E-state index in [2.05, 4.69) is 315 Å². The fourth-order valence-electron chi connectivity index (χ4n) is 12.5. The Morgan fingerprint density at radius 1 is 0.299 bits per heavy atom. The molecule has 0 N–H and O–H groups in total. The lowest BCUT2D eigenvalue weighted by atomic mass is 9.67. The first kappa shape index (κ1) is 45.8. The average molecular weight is 983 g/mol. The van der Waals surface area contributed by atoms with E-state index in [4.69, 9.17) is 0 Å². The van der Waals surface area contributed by atoms with Crippen molar-refractivity contribution in [2.24, 2.45) is 0 Å². The maximum absolute atomic E-state index is 2.51. The van der Waals surface area contributed by atoms with Crippen LogP contribution >= 0.6 is 0 Å². The van der Waals surface area contributed by atoms with Crippen LogP contribution in [0.5, 0.6) is 0 Å². The van der Waals surface area contributed by atoms with Gasteiger partial charge in [0.25, 0.3) is 0 Å². The first-order chi connectivity index (χ1) is 38.0. The van der Waals surface area contributed by atoms with Crippen LogP contribution in [0.3, 0.4) is 0 Å². The van der Waals surface area contributed by atoms with Crippen LogP contribution < -0.4 is 4.90 Å². The molecule has 0 bridgehead atoms. The zero-order valence-corrected chi connectivity index (χ0v) is 43.1. The molecule has 0 fully saturated rings. The summed E-state index contributed by atoms with van der Waals surface area (Å²) in [7, 11) is 0. The lowest BCUT2D eigenvalue weighted by Gasteiger charge is -2.35. The van der Waals surface area contributed by atoms with E-state index in [1.807, 2.05) is 0 Å². The van der Waals surface area contributed by atoms with Gasteiger partial charge in [0.1, 0.15) is 0 Å². The maximum Gasteiger partial charge on any atom is 0.0714 e. The summed E-state index contributed by atoms with van der Waals surface area (Å²) < 4.78 is 2.40. The highest BCUT2D eigenvalue weighted by Gasteiger charge is 2.46. The minimum Gasteiger partial charge on any atom is -0.309 e. The van der Waals surface area contributed by atoms with Gasteiger partial charge in [-0.25, -0.2) is 0 Å². The number of rotatable bonds is 10. The topological polar surface area (TPSA) is 8.17 Å². The molecule has 364 valence electrons. The van der Waals surface area contributed by atoms with Crippen LogP contribution in [-0.4, -0.2) is 4.57 Å². The highest BCUT2D eigenvalue weighted by molar-refractivity contribution is 6.10. The van der Waals surface area contributed by atoms with Crippen LogP contribution in [0.25, 0.3) is 83.1 Å². The van der Waals surface area contributed by atoms with Gasteiger partial charge >= 0.3 is 0 Å². The zero-order chi connectivity index (χ0) is 51.5. The molecule has 0 saturated carbocycles. The largest absolute Gasteiger partial charge is 0.309 e.